The molecule has 1 heteroatoms. The monoisotopic (exact) mass is 134 g/mol. The molecule has 0 aliphatic heterocycles. The first kappa shape index (κ1) is 7.26. The van der Waals surface area contributed by atoms with E-state index >= 15 is 0 Å². The molecule has 1 nitrogen and oxygen atoms in total. The average molecular weight is 134 g/mol. The molecule has 10 heavy (non-hydrogen) atoms. The van der Waals surface area contributed by atoms with E-state index in [0.29, 0.717) is 0 Å². The van der Waals surface area contributed by atoms with Crippen LogP contribution < -0.4 is 0 Å². The second-order valence-electron chi connectivity index (χ2n) is 2.51. The van der Waals surface area contributed by atoms with Crippen molar-refractivity contribution in [3.63, 3.8) is 0 Å². The Morgan fingerprint density at radius 1 is 1.50 bits per heavy atom. The first-order valence-electron chi connectivity index (χ1n) is 3.58. The van der Waals surface area contributed by atoms with E-state index in [4.69, 9.17) is 0 Å². The molecule has 0 saturated heterocycles. The van der Waals surface area contributed by atoms with Gasteiger partial charge in [-0.1, -0.05) is 6.92 Å². The standard InChI is InChI=1S/C9H12N/c1-4-9-6-10-5-7(2)8(9)3/h5H,4H2,1-3H3. The summed E-state index contributed by atoms with van der Waals surface area (Å²) < 4.78 is 0. The highest BCUT2D eigenvalue weighted by Crippen LogP contribution is 2.09. The Kier molecular flexibility index (Phi) is 2.05. The van der Waals surface area contributed by atoms with E-state index in [1.54, 1.807) is 0 Å². The average Bonchev–Trinajstić information content (AvgIpc) is 1.95. The number of hydrogen-bond acceptors (Lipinski definition) is 1. The van der Waals surface area contributed by atoms with Crippen molar-refractivity contribution < 1.29 is 0 Å². The third kappa shape index (κ3) is 1.18. The van der Waals surface area contributed by atoms with Crippen molar-refractivity contribution in [1.29, 1.82) is 0 Å². The predicted molar refractivity (Wildman–Crippen MR) is 41.9 cm³/mol. The summed E-state index contributed by atoms with van der Waals surface area (Å²) in [6.07, 6.45) is 5.86. The van der Waals surface area contributed by atoms with Gasteiger partial charge in [0.1, 0.15) is 0 Å². The summed E-state index contributed by atoms with van der Waals surface area (Å²) >= 11 is 0. The highest BCUT2D eigenvalue weighted by atomic mass is 14.6. The lowest BCUT2D eigenvalue weighted by molar-refractivity contribution is 1.05. The van der Waals surface area contributed by atoms with E-state index in [2.05, 4.69) is 32.0 Å². The van der Waals surface area contributed by atoms with Gasteiger partial charge in [0.05, 0.1) is 6.20 Å². The van der Waals surface area contributed by atoms with Gasteiger partial charge >= 0.3 is 0 Å². The zero-order valence-electron chi connectivity index (χ0n) is 6.73. The highest BCUT2D eigenvalue weighted by Gasteiger charge is 1.97. The van der Waals surface area contributed by atoms with E-state index in [0.717, 1.165) is 6.42 Å². The topological polar surface area (TPSA) is 12.9 Å². The lowest BCUT2D eigenvalue weighted by Crippen LogP contribution is -1.91. The van der Waals surface area contributed by atoms with Crippen LogP contribution in [0.15, 0.2) is 6.20 Å². The SMILES string of the molecule is CCc1[c]ncc(C)c1C. The molecule has 1 radical (unpaired) electrons. The summed E-state index contributed by atoms with van der Waals surface area (Å²) in [5.41, 5.74) is 3.83. The van der Waals surface area contributed by atoms with Crippen molar-refractivity contribution in [2.45, 2.75) is 27.2 Å². The van der Waals surface area contributed by atoms with Crippen LogP contribution in [0.5, 0.6) is 0 Å². The predicted octanol–water partition coefficient (Wildman–Crippen LogP) is 2.06. The molecule has 0 fully saturated rings. The van der Waals surface area contributed by atoms with Gasteiger partial charge in [-0.05, 0) is 37.0 Å². The first-order chi connectivity index (χ1) is 4.75. The van der Waals surface area contributed by atoms with Crippen LogP contribution in [-0.4, -0.2) is 4.98 Å². The normalized spacial score (nSPS) is 9.90. The molecule has 1 aromatic heterocycles. The smallest absolute Gasteiger partial charge is 0.0923 e. The largest absolute Gasteiger partial charge is 0.254 e. The molecule has 0 unspecified atom stereocenters. The Bertz CT molecular complexity index is 228. The van der Waals surface area contributed by atoms with E-state index in [1.165, 1.54) is 16.7 Å². The second-order valence-corrected chi connectivity index (χ2v) is 2.51. The highest BCUT2D eigenvalue weighted by molar-refractivity contribution is 5.28. The molecule has 53 valence electrons. The Morgan fingerprint density at radius 2 is 2.20 bits per heavy atom. The van der Waals surface area contributed by atoms with Crippen LogP contribution in [0.1, 0.15) is 23.6 Å². The van der Waals surface area contributed by atoms with Crippen LogP contribution in [0.4, 0.5) is 0 Å². The quantitative estimate of drug-likeness (QED) is 0.573. The number of aromatic nitrogens is 1. The van der Waals surface area contributed by atoms with Gasteiger partial charge in [0.2, 0.25) is 0 Å². The fourth-order valence-corrected chi connectivity index (χ4v) is 0.970. The molecule has 0 aromatic carbocycles. The molecule has 0 N–H and O–H groups in total. The van der Waals surface area contributed by atoms with Crippen LogP contribution in [0, 0.1) is 20.0 Å². The maximum Gasteiger partial charge on any atom is 0.0923 e. The van der Waals surface area contributed by atoms with Crippen molar-refractivity contribution in [1.82, 2.24) is 4.98 Å². The summed E-state index contributed by atoms with van der Waals surface area (Å²) in [6, 6.07) is 0. The van der Waals surface area contributed by atoms with Gasteiger partial charge in [-0.25, -0.2) is 0 Å². The van der Waals surface area contributed by atoms with Crippen molar-refractivity contribution in [2.24, 2.45) is 0 Å². The summed E-state index contributed by atoms with van der Waals surface area (Å²) in [4.78, 5) is 3.99. The Balaban J connectivity index is 3.14. The minimum absolute atomic E-state index is 1.03. The fraction of sp³-hybridized carbons (Fsp3) is 0.444. The molecular weight excluding hydrogens is 122 g/mol. The summed E-state index contributed by atoms with van der Waals surface area (Å²) in [5.74, 6) is 0. The molecule has 0 aliphatic carbocycles. The molecule has 0 atom stereocenters. The van der Waals surface area contributed by atoms with Crippen molar-refractivity contribution in [3.05, 3.63) is 29.1 Å². The van der Waals surface area contributed by atoms with E-state index < -0.39 is 0 Å². The number of pyridine rings is 1. The van der Waals surface area contributed by atoms with Gasteiger partial charge < -0.3 is 0 Å². The number of aryl methyl sites for hydroxylation is 2. The van der Waals surface area contributed by atoms with Gasteiger partial charge in [-0.2, -0.15) is 0 Å². The number of rotatable bonds is 1. The molecule has 0 amide bonds. The lowest BCUT2D eigenvalue weighted by atomic mass is 10.1. The number of nitrogens with zero attached hydrogens (tertiary/aromatic N) is 1. The molecular formula is C9H12N. The third-order valence-electron chi connectivity index (χ3n) is 1.86. The third-order valence-corrected chi connectivity index (χ3v) is 1.86. The zero-order valence-corrected chi connectivity index (χ0v) is 6.73. The Hall–Kier alpha value is -0.850. The maximum absolute atomic E-state index is 3.99. The molecule has 0 aliphatic rings. The minimum atomic E-state index is 1.03. The van der Waals surface area contributed by atoms with Gasteiger partial charge in [-0.15, -0.1) is 0 Å². The van der Waals surface area contributed by atoms with E-state index in [9.17, 15) is 0 Å². The van der Waals surface area contributed by atoms with Gasteiger partial charge in [0, 0.05) is 6.20 Å². The van der Waals surface area contributed by atoms with E-state index in [1.807, 2.05) is 6.20 Å². The summed E-state index contributed by atoms with van der Waals surface area (Å²) in [7, 11) is 0. The first-order valence-corrected chi connectivity index (χ1v) is 3.58. The van der Waals surface area contributed by atoms with Crippen LogP contribution >= 0.6 is 0 Å². The lowest BCUT2D eigenvalue weighted by Gasteiger charge is -2.02. The van der Waals surface area contributed by atoms with Gasteiger partial charge in [-0.3, -0.25) is 4.98 Å². The molecule has 0 spiro atoms. The van der Waals surface area contributed by atoms with Gasteiger partial charge in [0.15, 0.2) is 0 Å². The summed E-state index contributed by atoms with van der Waals surface area (Å²) in [5, 5.41) is 0. The van der Waals surface area contributed by atoms with Crippen molar-refractivity contribution >= 4 is 0 Å². The zero-order chi connectivity index (χ0) is 7.56. The molecule has 1 heterocycles. The Labute approximate surface area is 62.1 Å². The molecule has 1 aromatic rings. The fourth-order valence-electron chi connectivity index (χ4n) is 0.970. The molecule has 1 rings (SSSR count). The minimum Gasteiger partial charge on any atom is -0.254 e. The second kappa shape index (κ2) is 2.82. The van der Waals surface area contributed by atoms with E-state index in [-0.39, 0.29) is 0 Å². The number of hydrogen-bond donors (Lipinski definition) is 0. The van der Waals surface area contributed by atoms with Crippen LogP contribution in [0.25, 0.3) is 0 Å². The summed E-state index contributed by atoms with van der Waals surface area (Å²) in [6.45, 7) is 6.32. The molecule has 0 bridgehead atoms. The van der Waals surface area contributed by atoms with Crippen molar-refractivity contribution in [2.75, 3.05) is 0 Å². The van der Waals surface area contributed by atoms with Crippen LogP contribution in [0.3, 0.4) is 0 Å². The maximum atomic E-state index is 3.99. The Morgan fingerprint density at radius 3 is 2.70 bits per heavy atom. The van der Waals surface area contributed by atoms with Crippen LogP contribution in [-0.2, 0) is 6.42 Å². The van der Waals surface area contributed by atoms with Gasteiger partial charge in [0.25, 0.3) is 0 Å². The van der Waals surface area contributed by atoms with Crippen molar-refractivity contribution in [3.8, 4) is 0 Å². The van der Waals surface area contributed by atoms with Crippen LogP contribution in [0.2, 0.25) is 0 Å². The molecule has 0 saturated carbocycles.